The van der Waals surface area contributed by atoms with Crippen molar-refractivity contribution in [3.63, 3.8) is 0 Å². The van der Waals surface area contributed by atoms with Crippen LogP contribution in [0, 0.1) is 6.92 Å². The van der Waals surface area contributed by atoms with Gasteiger partial charge in [-0.05, 0) is 87.1 Å². The molecule has 3 N–H and O–H groups in total. The normalized spacial score (nSPS) is 14.2. The first-order valence-electron chi connectivity index (χ1n) is 15.5. The van der Waals surface area contributed by atoms with Gasteiger partial charge >= 0.3 is 0 Å². The molecule has 3 aromatic carbocycles. The highest BCUT2D eigenvalue weighted by Crippen LogP contribution is 2.29. The molecule has 0 spiro atoms. The zero-order chi connectivity index (χ0) is 32.1. The highest BCUT2D eigenvalue weighted by Gasteiger charge is 2.30. The lowest BCUT2D eigenvalue weighted by Crippen LogP contribution is -2.45. The first-order valence-corrected chi connectivity index (χ1v) is 15.5. The number of piperidine rings is 1. The lowest BCUT2D eigenvalue weighted by atomic mass is 9.93. The number of likely N-dealkylation sites (tertiary alicyclic amines) is 1. The number of unbranched alkanes of at least 4 members (excludes halogenated alkanes) is 1. The van der Waals surface area contributed by atoms with E-state index in [0.29, 0.717) is 54.1 Å². The molecule has 0 saturated carbocycles. The molecule has 9 nitrogen and oxygen atoms in total. The van der Waals surface area contributed by atoms with E-state index in [9.17, 15) is 19.5 Å². The van der Waals surface area contributed by atoms with E-state index in [0.717, 1.165) is 36.0 Å². The second-order valence-corrected chi connectivity index (χ2v) is 12.1. The Kier molecular flexibility index (Phi) is 9.48. The Morgan fingerprint density at radius 3 is 2.42 bits per heavy atom. The molecule has 1 aliphatic heterocycles. The Morgan fingerprint density at radius 2 is 1.71 bits per heavy atom. The van der Waals surface area contributed by atoms with E-state index >= 15 is 0 Å². The molecule has 4 aromatic rings. The summed E-state index contributed by atoms with van der Waals surface area (Å²) in [5.74, 6) is -0.0992. The Hall–Kier alpha value is -4.76. The van der Waals surface area contributed by atoms with Crippen molar-refractivity contribution < 1.29 is 14.7 Å². The van der Waals surface area contributed by atoms with E-state index in [-0.39, 0.29) is 23.2 Å². The summed E-state index contributed by atoms with van der Waals surface area (Å²) >= 11 is 0. The predicted octanol–water partition coefficient (Wildman–Crippen LogP) is 6.08. The Balaban J connectivity index is 1.35. The van der Waals surface area contributed by atoms with Gasteiger partial charge in [0.25, 0.3) is 17.4 Å². The molecule has 9 heteroatoms. The van der Waals surface area contributed by atoms with Crippen molar-refractivity contribution in [1.82, 2.24) is 14.5 Å². The first-order chi connectivity index (χ1) is 21.6. The quantitative estimate of drug-likeness (QED) is 0.212. The summed E-state index contributed by atoms with van der Waals surface area (Å²) in [4.78, 5) is 45.8. The number of carbonyl (C=O) groups is 2. The molecule has 0 unspecified atom stereocenters. The Labute approximate surface area is 263 Å². The van der Waals surface area contributed by atoms with Crippen molar-refractivity contribution in [1.29, 1.82) is 0 Å². The van der Waals surface area contributed by atoms with Crippen LogP contribution in [-0.4, -0.2) is 50.1 Å². The number of aliphatic hydroxyl groups is 1. The smallest absolute Gasteiger partial charge is 0.293 e. The van der Waals surface area contributed by atoms with Crippen LogP contribution in [0.4, 0.5) is 17.2 Å². The molecule has 5 rings (SSSR count). The van der Waals surface area contributed by atoms with E-state index in [1.165, 1.54) is 4.57 Å². The van der Waals surface area contributed by atoms with Gasteiger partial charge in [0, 0.05) is 54.4 Å². The van der Waals surface area contributed by atoms with Crippen molar-refractivity contribution in [3.8, 4) is 11.3 Å². The third kappa shape index (κ3) is 7.32. The van der Waals surface area contributed by atoms with Gasteiger partial charge in [-0.1, -0.05) is 43.7 Å². The third-order valence-corrected chi connectivity index (χ3v) is 8.51. The van der Waals surface area contributed by atoms with Crippen LogP contribution in [0.2, 0.25) is 0 Å². The number of nitrogens with zero attached hydrogens (tertiary/aromatic N) is 3. The van der Waals surface area contributed by atoms with E-state index in [2.05, 4.69) is 22.5 Å². The standard InChI is InChI=1S/C36H41N5O4/c1-5-6-10-25-11-7-8-12-29(25)33(42)39-30-14-9-13-28(24(30)2)31-23-40(4)35(44)32(38-31)37-27-17-15-26(16-18-27)34(43)41-21-19-36(3,45)20-22-41/h7-9,11-18,23,45H,5-6,10,19-22H2,1-4H3,(H,37,38)(H,39,42). The van der Waals surface area contributed by atoms with Crippen LogP contribution in [0.15, 0.2) is 77.7 Å². The molecular formula is C36H41N5O4. The molecule has 1 aliphatic rings. The lowest BCUT2D eigenvalue weighted by molar-refractivity contribution is -0.00203. The van der Waals surface area contributed by atoms with E-state index in [1.807, 2.05) is 49.4 Å². The first kappa shape index (κ1) is 31.7. The molecule has 0 atom stereocenters. The molecule has 45 heavy (non-hydrogen) atoms. The fourth-order valence-corrected chi connectivity index (χ4v) is 5.59. The average Bonchev–Trinajstić information content (AvgIpc) is 3.03. The topological polar surface area (TPSA) is 117 Å². The summed E-state index contributed by atoms with van der Waals surface area (Å²) < 4.78 is 1.47. The van der Waals surface area contributed by atoms with Crippen molar-refractivity contribution >= 4 is 29.0 Å². The van der Waals surface area contributed by atoms with Crippen LogP contribution >= 0.6 is 0 Å². The number of benzene rings is 3. The summed E-state index contributed by atoms with van der Waals surface area (Å²) in [7, 11) is 1.67. The number of aromatic nitrogens is 2. The van der Waals surface area contributed by atoms with Crippen molar-refractivity contribution in [2.75, 3.05) is 23.7 Å². The monoisotopic (exact) mass is 607 g/mol. The number of carbonyl (C=O) groups excluding carboxylic acids is 2. The highest BCUT2D eigenvalue weighted by molar-refractivity contribution is 6.06. The second kappa shape index (κ2) is 13.5. The number of hydrogen-bond donors (Lipinski definition) is 3. The van der Waals surface area contributed by atoms with Crippen molar-refractivity contribution in [3.05, 3.63) is 106 Å². The zero-order valence-electron chi connectivity index (χ0n) is 26.4. The molecule has 2 heterocycles. The maximum absolute atomic E-state index is 13.3. The van der Waals surface area contributed by atoms with E-state index in [4.69, 9.17) is 0 Å². The fourth-order valence-electron chi connectivity index (χ4n) is 5.59. The number of nitrogens with one attached hydrogen (secondary N) is 2. The average molecular weight is 608 g/mol. The summed E-state index contributed by atoms with van der Waals surface area (Å²) in [6, 6.07) is 20.3. The van der Waals surface area contributed by atoms with E-state index < -0.39 is 5.60 Å². The number of aryl methyl sites for hydroxylation is 2. The maximum Gasteiger partial charge on any atom is 0.293 e. The fraction of sp³-hybridized carbons (Fsp3) is 0.333. The minimum atomic E-state index is -0.730. The van der Waals surface area contributed by atoms with Gasteiger partial charge in [-0.15, -0.1) is 0 Å². The van der Waals surface area contributed by atoms with Crippen molar-refractivity contribution in [2.45, 2.75) is 58.5 Å². The second-order valence-electron chi connectivity index (χ2n) is 12.1. The summed E-state index contributed by atoms with van der Waals surface area (Å²) in [6.07, 6.45) is 5.68. The summed E-state index contributed by atoms with van der Waals surface area (Å²) in [5, 5.41) is 16.4. The number of amides is 2. The lowest BCUT2D eigenvalue weighted by Gasteiger charge is -2.35. The van der Waals surface area contributed by atoms with Crippen LogP contribution in [-0.2, 0) is 13.5 Å². The van der Waals surface area contributed by atoms with Gasteiger partial charge in [0.2, 0.25) is 0 Å². The minimum absolute atomic E-state index is 0.0834. The van der Waals surface area contributed by atoms with Gasteiger partial charge in [-0.2, -0.15) is 0 Å². The van der Waals surface area contributed by atoms with Crippen LogP contribution in [0.3, 0.4) is 0 Å². The minimum Gasteiger partial charge on any atom is -0.390 e. The van der Waals surface area contributed by atoms with Gasteiger partial charge in [0.1, 0.15) is 0 Å². The zero-order valence-corrected chi connectivity index (χ0v) is 26.4. The van der Waals surface area contributed by atoms with Gasteiger partial charge in [0.15, 0.2) is 5.82 Å². The molecule has 2 amide bonds. The summed E-state index contributed by atoms with van der Waals surface area (Å²) in [6.45, 7) is 6.88. The van der Waals surface area contributed by atoms with Crippen LogP contribution in [0.25, 0.3) is 11.3 Å². The molecule has 234 valence electrons. The number of rotatable bonds is 9. The van der Waals surface area contributed by atoms with Gasteiger partial charge < -0.3 is 25.2 Å². The number of anilines is 3. The summed E-state index contributed by atoms with van der Waals surface area (Å²) in [5.41, 5.74) is 4.68. The van der Waals surface area contributed by atoms with Gasteiger partial charge in [-0.3, -0.25) is 14.4 Å². The van der Waals surface area contributed by atoms with Crippen molar-refractivity contribution in [2.24, 2.45) is 7.05 Å². The van der Waals surface area contributed by atoms with E-state index in [1.54, 1.807) is 49.3 Å². The SMILES string of the molecule is CCCCc1ccccc1C(=O)Nc1cccc(-c2cn(C)c(=O)c(Nc3ccc(C(=O)N4CCC(C)(O)CC4)cc3)n2)c1C. The maximum atomic E-state index is 13.3. The molecule has 0 radical (unpaired) electrons. The number of hydrogen-bond acceptors (Lipinski definition) is 6. The largest absolute Gasteiger partial charge is 0.390 e. The molecule has 0 bridgehead atoms. The van der Waals surface area contributed by atoms with Crippen LogP contribution in [0.1, 0.15) is 71.4 Å². The Morgan fingerprint density at radius 1 is 1.00 bits per heavy atom. The van der Waals surface area contributed by atoms with Gasteiger partial charge in [-0.25, -0.2) is 4.98 Å². The molecule has 1 saturated heterocycles. The Bertz CT molecular complexity index is 1750. The molecule has 0 aliphatic carbocycles. The predicted molar refractivity (Wildman–Crippen MR) is 178 cm³/mol. The molecular weight excluding hydrogens is 566 g/mol. The third-order valence-electron chi connectivity index (χ3n) is 8.51. The van der Waals surface area contributed by atoms with Gasteiger partial charge in [0.05, 0.1) is 11.3 Å². The van der Waals surface area contributed by atoms with Crippen LogP contribution < -0.4 is 16.2 Å². The van der Waals surface area contributed by atoms with Crippen LogP contribution in [0.5, 0.6) is 0 Å². The molecule has 1 aromatic heterocycles. The highest BCUT2D eigenvalue weighted by atomic mass is 16.3. The molecule has 1 fully saturated rings.